The van der Waals surface area contributed by atoms with Gasteiger partial charge in [0.2, 0.25) is 29.5 Å². The third kappa shape index (κ3) is 14.2. The molecule has 2 aromatic carbocycles. The number of likely N-dealkylation sites (tertiary alicyclic amines) is 1. The molecule has 1 unspecified atom stereocenters. The van der Waals surface area contributed by atoms with Gasteiger partial charge in [-0.15, -0.1) is 21.5 Å². The highest BCUT2D eigenvalue weighted by Crippen LogP contribution is 2.37. The maximum absolute atomic E-state index is 14.1. The average Bonchev–Trinajstić information content (AvgIpc) is 4.10. The van der Waals surface area contributed by atoms with Gasteiger partial charge in [0.05, 0.1) is 58.8 Å². The number of aryl methyl sites for hydroxylation is 2. The predicted octanol–water partition coefficient (Wildman–Crippen LogP) is 4.97. The third-order valence-corrected chi connectivity index (χ3v) is 13.1. The molecule has 0 aliphatic carbocycles. The highest BCUT2D eigenvalue weighted by molar-refractivity contribution is 7.13. The summed E-state index contributed by atoms with van der Waals surface area (Å²) in [6.45, 7) is 9.03. The lowest BCUT2D eigenvalue weighted by atomic mass is 9.85. The minimum absolute atomic E-state index is 0.0218. The van der Waals surface area contributed by atoms with E-state index in [1.807, 2.05) is 64.4 Å². The number of aromatic nitrogens is 6. The smallest absolute Gasteiger partial charge is 0.273 e. The van der Waals surface area contributed by atoms with E-state index in [1.165, 1.54) is 25.1 Å². The van der Waals surface area contributed by atoms with Gasteiger partial charge < -0.3 is 46.6 Å². The maximum Gasteiger partial charge on any atom is 0.273 e. The number of thiazole rings is 1. The van der Waals surface area contributed by atoms with E-state index in [0.717, 1.165) is 34.5 Å². The second-order valence-electron chi connectivity index (χ2n) is 18.8. The second-order valence-corrected chi connectivity index (χ2v) is 19.7. The standard InChI is InChI=1S/C50H65N13O8S/c1-29(31-19-21-32(22-20-31)44-30(2)54-28-72-44)55-47(68)37-23-33(64)26-63(37)49(70)45(50(3,4)5)58-40(66)18-13-11-9-10-12-17-39(65)52-25-41(67)57-38-24-36(42(60-59-38)48(69)51-6)56-35-16-14-15-34(43(35)71-8)46-53-27-62(7)61-46/h14-16,19-22,24,27-29,33,37,45,64H,9-13,17-18,23,25-26H2,1-8H3,(H,51,69)(H,52,65)(H,55,68)(H,58,66)(H2,56,57,59,67)/t29-,33+,37-,45?/m0/s1. The van der Waals surface area contributed by atoms with E-state index in [0.29, 0.717) is 42.1 Å². The van der Waals surface area contributed by atoms with Gasteiger partial charge in [-0.1, -0.05) is 70.4 Å². The minimum Gasteiger partial charge on any atom is -0.494 e. The number of methoxy groups -OCH3 is 1. The first kappa shape index (κ1) is 54.0. The molecule has 4 atom stereocenters. The summed E-state index contributed by atoms with van der Waals surface area (Å²) in [5.74, 6) is -1.61. The van der Waals surface area contributed by atoms with Crippen molar-refractivity contribution in [3.05, 3.63) is 77.3 Å². The van der Waals surface area contributed by atoms with Gasteiger partial charge in [0, 0.05) is 46.0 Å². The number of nitrogens with zero attached hydrogens (tertiary/aromatic N) is 7. The van der Waals surface area contributed by atoms with Gasteiger partial charge in [0.15, 0.2) is 23.1 Å². The van der Waals surface area contributed by atoms with Crippen LogP contribution in [0.25, 0.3) is 21.8 Å². The number of nitrogens with one attached hydrogen (secondary N) is 6. The molecule has 0 radical (unpaired) electrons. The van der Waals surface area contributed by atoms with Crippen LogP contribution >= 0.6 is 11.3 Å². The molecule has 21 nitrogen and oxygen atoms in total. The number of para-hydroxylation sites is 1. The number of aliphatic hydroxyl groups is 1. The van der Waals surface area contributed by atoms with Crippen molar-refractivity contribution >= 4 is 64.0 Å². The lowest BCUT2D eigenvalue weighted by molar-refractivity contribution is -0.144. The summed E-state index contributed by atoms with van der Waals surface area (Å²) < 4.78 is 7.25. The van der Waals surface area contributed by atoms with E-state index >= 15 is 0 Å². The Morgan fingerprint density at radius 2 is 1.61 bits per heavy atom. The lowest BCUT2D eigenvalue weighted by Gasteiger charge is -2.35. The molecule has 0 bridgehead atoms. The molecular formula is C50H65N13O8S. The van der Waals surface area contributed by atoms with Gasteiger partial charge in [-0.3, -0.25) is 33.4 Å². The highest BCUT2D eigenvalue weighted by Gasteiger charge is 2.44. The Labute approximate surface area is 422 Å². The summed E-state index contributed by atoms with van der Waals surface area (Å²) in [6, 6.07) is 12.4. The predicted molar refractivity (Wildman–Crippen MR) is 272 cm³/mol. The van der Waals surface area contributed by atoms with Crippen LogP contribution in [0.1, 0.15) is 107 Å². The first-order chi connectivity index (χ1) is 34.4. The molecule has 0 saturated carbocycles. The molecule has 4 heterocycles. The number of carbonyl (C=O) groups excluding carboxylic acids is 6. The lowest BCUT2D eigenvalue weighted by Crippen LogP contribution is -2.57. The Morgan fingerprint density at radius 3 is 2.25 bits per heavy atom. The van der Waals surface area contributed by atoms with Crippen molar-refractivity contribution in [3.63, 3.8) is 0 Å². The summed E-state index contributed by atoms with van der Waals surface area (Å²) in [5.41, 5.74) is 5.25. The first-order valence-electron chi connectivity index (χ1n) is 23.9. The van der Waals surface area contributed by atoms with Crippen LogP contribution in [0.2, 0.25) is 0 Å². The Morgan fingerprint density at radius 1 is 0.903 bits per heavy atom. The minimum atomic E-state index is -0.932. The molecule has 6 rings (SSSR count). The summed E-state index contributed by atoms with van der Waals surface area (Å²) in [4.78, 5) is 90.3. The molecule has 0 spiro atoms. The number of β-amino-alcohol motifs (C(OH)–C–C–N with tert-alkyl or cyclic N) is 1. The molecule has 384 valence electrons. The van der Waals surface area contributed by atoms with Crippen molar-refractivity contribution in [1.82, 2.24) is 56.1 Å². The van der Waals surface area contributed by atoms with Crippen LogP contribution in [0.4, 0.5) is 17.2 Å². The van der Waals surface area contributed by atoms with Crippen LogP contribution in [-0.2, 0) is 31.0 Å². The van der Waals surface area contributed by atoms with Crippen molar-refractivity contribution in [2.24, 2.45) is 12.5 Å². The zero-order chi connectivity index (χ0) is 52.1. The van der Waals surface area contributed by atoms with E-state index in [4.69, 9.17) is 4.74 Å². The number of anilines is 3. The van der Waals surface area contributed by atoms with Crippen LogP contribution in [0.3, 0.4) is 0 Å². The van der Waals surface area contributed by atoms with Gasteiger partial charge >= 0.3 is 0 Å². The molecule has 5 aromatic rings. The van der Waals surface area contributed by atoms with Crippen LogP contribution in [-0.4, -0.2) is 121 Å². The largest absolute Gasteiger partial charge is 0.494 e. The topological polar surface area (TPSA) is 277 Å². The van der Waals surface area contributed by atoms with E-state index in [2.05, 4.69) is 57.2 Å². The monoisotopic (exact) mass is 1010 g/mol. The van der Waals surface area contributed by atoms with Gasteiger partial charge in [-0.2, -0.15) is 5.10 Å². The number of aliphatic hydroxyl groups excluding tert-OH is 1. The molecule has 22 heteroatoms. The van der Waals surface area contributed by atoms with Gasteiger partial charge in [-0.25, -0.2) is 9.97 Å². The molecule has 1 aliphatic heterocycles. The van der Waals surface area contributed by atoms with Gasteiger partial charge in [0.25, 0.3) is 5.91 Å². The highest BCUT2D eigenvalue weighted by atomic mass is 32.1. The normalized spacial score (nSPS) is 15.3. The fraction of sp³-hybridized carbons (Fsp3) is 0.460. The van der Waals surface area contributed by atoms with Crippen LogP contribution in [0.5, 0.6) is 5.75 Å². The summed E-state index contributed by atoms with van der Waals surface area (Å²) >= 11 is 1.57. The number of hydrogen-bond donors (Lipinski definition) is 7. The quantitative estimate of drug-likeness (QED) is 0.0451. The molecule has 1 fully saturated rings. The van der Waals surface area contributed by atoms with Crippen molar-refractivity contribution < 1.29 is 38.6 Å². The van der Waals surface area contributed by atoms with Crippen LogP contribution in [0.15, 0.2) is 60.4 Å². The number of benzene rings is 2. The molecular weight excluding hydrogens is 943 g/mol. The SMILES string of the molecule is CNC(=O)c1nnc(NC(=O)CNC(=O)CCCCCCCC(=O)NC(C(=O)N2C[C@H](O)C[C@H]2C(=O)N[C@@H](C)c2ccc(-c3scnc3C)cc2)C(C)(C)C)cc1Nc1cccc(-c2ncn(C)n2)c1OC. The number of carbonyl (C=O) groups is 6. The Kier molecular flexibility index (Phi) is 18.5. The van der Waals surface area contributed by atoms with Crippen molar-refractivity contribution in [2.45, 2.75) is 110 Å². The zero-order valence-corrected chi connectivity index (χ0v) is 42.8. The molecule has 72 heavy (non-hydrogen) atoms. The first-order valence-corrected chi connectivity index (χ1v) is 24.8. The Hall–Kier alpha value is -7.33. The zero-order valence-electron chi connectivity index (χ0n) is 42.0. The second kappa shape index (κ2) is 24.7. The van der Waals surface area contributed by atoms with Gasteiger partial charge in [0.1, 0.15) is 18.4 Å². The number of unbranched alkanes of at least 4 members (excludes halogenated alkanes) is 4. The summed E-state index contributed by atoms with van der Waals surface area (Å²) in [7, 11) is 4.69. The molecule has 1 aliphatic rings. The number of amides is 6. The number of rotatable bonds is 22. The fourth-order valence-corrected chi connectivity index (χ4v) is 9.09. The van der Waals surface area contributed by atoms with E-state index < -0.39 is 41.3 Å². The Bertz CT molecular complexity index is 2720. The molecule has 1 saturated heterocycles. The van der Waals surface area contributed by atoms with E-state index in [1.54, 1.807) is 47.6 Å². The fourth-order valence-electron chi connectivity index (χ4n) is 8.28. The summed E-state index contributed by atoms with van der Waals surface area (Å²) in [6.07, 6.45) is 4.46. The third-order valence-electron chi connectivity index (χ3n) is 12.1. The van der Waals surface area contributed by atoms with Crippen molar-refractivity contribution in [2.75, 3.05) is 37.9 Å². The molecule has 7 N–H and O–H groups in total. The Balaban J connectivity index is 0.908. The number of ether oxygens (including phenoxy) is 1. The number of hydrogen-bond acceptors (Lipinski definition) is 15. The molecule has 3 aromatic heterocycles. The van der Waals surface area contributed by atoms with Gasteiger partial charge in [-0.05, 0) is 55.4 Å². The van der Waals surface area contributed by atoms with Crippen LogP contribution in [0, 0.1) is 12.3 Å². The average molecular weight is 1010 g/mol. The van der Waals surface area contributed by atoms with Crippen molar-refractivity contribution in [1.29, 1.82) is 0 Å². The molecule has 6 amide bonds. The summed E-state index contributed by atoms with van der Waals surface area (Å²) in [5, 5.41) is 39.9. The maximum atomic E-state index is 14.1. The van der Waals surface area contributed by atoms with E-state index in [-0.39, 0.29) is 73.3 Å². The van der Waals surface area contributed by atoms with Crippen LogP contribution < -0.4 is 36.6 Å². The van der Waals surface area contributed by atoms with Crippen molar-refractivity contribution in [3.8, 4) is 27.6 Å². The van der Waals surface area contributed by atoms with E-state index in [9.17, 15) is 33.9 Å².